The average Bonchev–Trinajstić information content (AvgIpc) is 2.56. The van der Waals surface area contributed by atoms with E-state index < -0.39 is 0 Å². The second-order valence-electron chi connectivity index (χ2n) is 5.49. The van der Waals surface area contributed by atoms with E-state index in [1.807, 2.05) is 6.07 Å². The maximum absolute atomic E-state index is 10.8. The lowest BCUT2D eigenvalue weighted by atomic mass is 9.78. The highest BCUT2D eigenvalue weighted by atomic mass is 16.5. The summed E-state index contributed by atoms with van der Waals surface area (Å²) in [6.45, 7) is 2.20. The highest BCUT2D eigenvalue weighted by Crippen LogP contribution is 2.31. The minimum atomic E-state index is -0.291. The Morgan fingerprint density at radius 2 is 1.90 bits per heavy atom. The topological polar surface area (TPSA) is 43.4 Å². The first-order valence-electron chi connectivity index (χ1n) is 7.81. The van der Waals surface area contributed by atoms with E-state index in [9.17, 15) is 9.59 Å². The lowest BCUT2D eigenvalue weighted by molar-refractivity contribution is -0.113. The molecule has 1 saturated carbocycles. The van der Waals surface area contributed by atoms with Crippen LogP contribution in [0.3, 0.4) is 0 Å². The molecule has 0 heterocycles. The summed E-state index contributed by atoms with van der Waals surface area (Å²) in [5.74, 6) is 0.815. The Balaban J connectivity index is 0.000000211. The molecule has 3 nitrogen and oxygen atoms in total. The van der Waals surface area contributed by atoms with Crippen LogP contribution in [-0.2, 0) is 9.53 Å². The van der Waals surface area contributed by atoms with Gasteiger partial charge in [-0.3, -0.25) is 0 Å². The molecular formula is C18H26O3. The molecule has 1 aliphatic rings. The number of hydrogen-bond acceptors (Lipinski definition) is 3. The SMILES string of the molecule is CCCC1CCCCC1C=O.COC(=O)c1ccccc1. The lowest BCUT2D eigenvalue weighted by Crippen LogP contribution is -2.20. The van der Waals surface area contributed by atoms with Gasteiger partial charge in [0.25, 0.3) is 0 Å². The molecule has 0 N–H and O–H groups in total. The third kappa shape index (κ3) is 6.11. The standard InChI is InChI=1S/C10H18O.C8H8O2/c1-2-5-9-6-3-4-7-10(9)8-11;1-10-8(9)7-5-3-2-4-6-7/h8-10H,2-7H2,1H3;2-6H,1H3. The Bertz CT molecular complexity index is 412. The van der Waals surface area contributed by atoms with E-state index in [0.717, 1.165) is 6.42 Å². The molecule has 0 aromatic heterocycles. The third-order valence-electron chi connectivity index (χ3n) is 4.00. The summed E-state index contributed by atoms with van der Waals surface area (Å²) in [6.07, 6.45) is 8.71. The van der Waals surface area contributed by atoms with E-state index >= 15 is 0 Å². The maximum atomic E-state index is 10.8. The molecule has 1 fully saturated rings. The number of aldehydes is 1. The van der Waals surface area contributed by atoms with Gasteiger partial charge in [0.2, 0.25) is 0 Å². The molecule has 0 aliphatic heterocycles. The summed E-state index contributed by atoms with van der Waals surface area (Å²) in [5, 5.41) is 0. The van der Waals surface area contributed by atoms with E-state index in [-0.39, 0.29) is 5.97 Å². The van der Waals surface area contributed by atoms with Crippen molar-refractivity contribution in [2.75, 3.05) is 7.11 Å². The van der Waals surface area contributed by atoms with E-state index in [2.05, 4.69) is 11.7 Å². The highest BCUT2D eigenvalue weighted by molar-refractivity contribution is 5.89. The van der Waals surface area contributed by atoms with Crippen LogP contribution >= 0.6 is 0 Å². The maximum Gasteiger partial charge on any atom is 0.337 e. The fraction of sp³-hybridized carbons (Fsp3) is 0.556. The van der Waals surface area contributed by atoms with E-state index in [1.54, 1.807) is 24.3 Å². The van der Waals surface area contributed by atoms with Crippen molar-refractivity contribution in [3.8, 4) is 0 Å². The second kappa shape index (κ2) is 10.1. The second-order valence-corrected chi connectivity index (χ2v) is 5.49. The number of carbonyl (C=O) groups is 2. The Kier molecular flexibility index (Phi) is 8.41. The molecule has 0 radical (unpaired) electrons. The van der Waals surface area contributed by atoms with Crippen LogP contribution in [0.4, 0.5) is 0 Å². The molecule has 0 bridgehead atoms. The Morgan fingerprint density at radius 3 is 2.48 bits per heavy atom. The quantitative estimate of drug-likeness (QED) is 0.614. The van der Waals surface area contributed by atoms with E-state index in [1.165, 1.54) is 45.5 Å². The molecule has 2 unspecified atom stereocenters. The normalized spacial score (nSPS) is 20.9. The molecule has 116 valence electrons. The van der Waals surface area contributed by atoms with Gasteiger partial charge in [0.05, 0.1) is 12.7 Å². The zero-order chi connectivity index (χ0) is 15.5. The first kappa shape index (κ1) is 17.4. The minimum absolute atomic E-state index is 0.291. The van der Waals surface area contributed by atoms with Crippen LogP contribution in [0.15, 0.2) is 30.3 Å². The van der Waals surface area contributed by atoms with Crippen LogP contribution < -0.4 is 0 Å². The van der Waals surface area contributed by atoms with Crippen molar-refractivity contribution in [3.63, 3.8) is 0 Å². The number of carbonyl (C=O) groups excluding carboxylic acids is 2. The van der Waals surface area contributed by atoms with E-state index in [0.29, 0.717) is 17.4 Å². The van der Waals surface area contributed by atoms with Crippen molar-refractivity contribution in [3.05, 3.63) is 35.9 Å². The number of ether oxygens (including phenoxy) is 1. The number of esters is 1. The van der Waals surface area contributed by atoms with E-state index in [4.69, 9.17) is 0 Å². The summed E-state index contributed by atoms with van der Waals surface area (Å²) in [4.78, 5) is 21.4. The molecule has 2 atom stereocenters. The fourth-order valence-electron chi connectivity index (χ4n) is 2.84. The zero-order valence-corrected chi connectivity index (χ0v) is 13.1. The molecule has 0 saturated heterocycles. The largest absolute Gasteiger partial charge is 0.465 e. The Morgan fingerprint density at radius 1 is 1.24 bits per heavy atom. The number of rotatable bonds is 4. The van der Waals surface area contributed by atoms with Crippen molar-refractivity contribution >= 4 is 12.3 Å². The van der Waals surface area contributed by atoms with Crippen molar-refractivity contribution in [1.82, 2.24) is 0 Å². The predicted molar refractivity (Wildman–Crippen MR) is 84.2 cm³/mol. The summed E-state index contributed by atoms with van der Waals surface area (Å²) in [6, 6.07) is 8.88. The first-order chi connectivity index (χ1) is 10.2. The van der Waals surface area contributed by atoms with Crippen molar-refractivity contribution in [2.45, 2.75) is 45.4 Å². The Labute approximate surface area is 127 Å². The van der Waals surface area contributed by atoms with Crippen molar-refractivity contribution in [2.24, 2.45) is 11.8 Å². The third-order valence-corrected chi connectivity index (χ3v) is 4.00. The predicted octanol–water partition coefficient (Wildman–Crippen LogP) is 4.27. The van der Waals surface area contributed by atoms with Gasteiger partial charge in [0, 0.05) is 5.92 Å². The van der Waals surface area contributed by atoms with Gasteiger partial charge in [-0.2, -0.15) is 0 Å². The van der Waals surface area contributed by atoms with Crippen molar-refractivity contribution < 1.29 is 14.3 Å². The summed E-state index contributed by atoms with van der Waals surface area (Å²) < 4.78 is 4.50. The average molecular weight is 290 g/mol. The van der Waals surface area contributed by atoms with Crippen LogP contribution in [0.2, 0.25) is 0 Å². The van der Waals surface area contributed by atoms with Gasteiger partial charge in [-0.15, -0.1) is 0 Å². The van der Waals surface area contributed by atoms with Gasteiger partial charge in [0.1, 0.15) is 6.29 Å². The zero-order valence-electron chi connectivity index (χ0n) is 13.1. The molecular weight excluding hydrogens is 264 g/mol. The molecule has 1 aromatic rings. The van der Waals surface area contributed by atoms with Gasteiger partial charge >= 0.3 is 5.97 Å². The molecule has 0 amide bonds. The number of methoxy groups -OCH3 is 1. The minimum Gasteiger partial charge on any atom is -0.465 e. The molecule has 1 aromatic carbocycles. The van der Waals surface area contributed by atoms with Crippen LogP contribution in [0, 0.1) is 11.8 Å². The molecule has 1 aliphatic carbocycles. The molecule has 0 spiro atoms. The monoisotopic (exact) mass is 290 g/mol. The van der Waals surface area contributed by atoms with Gasteiger partial charge in [-0.25, -0.2) is 4.79 Å². The van der Waals surface area contributed by atoms with Gasteiger partial charge in [-0.1, -0.05) is 50.8 Å². The van der Waals surface area contributed by atoms with Crippen LogP contribution in [0.1, 0.15) is 55.8 Å². The van der Waals surface area contributed by atoms with Crippen molar-refractivity contribution in [1.29, 1.82) is 0 Å². The van der Waals surface area contributed by atoms with Crippen LogP contribution in [-0.4, -0.2) is 19.4 Å². The molecule has 2 rings (SSSR count). The Hall–Kier alpha value is -1.64. The first-order valence-corrected chi connectivity index (χ1v) is 7.81. The molecule has 3 heteroatoms. The van der Waals surface area contributed by atoms with Crippen LogP contribution in [0.5, 0.6) is 0 Å². The number of hydrogen-bond donors (Lipinski definition) is 0. The summed E-state index contributed by atoms with van der Waals surface area (Å²) >= 11 is 0. The van der Waals surface area contributed by atoms with Crippen LogP contribution in [0.25, 0.3) is 0 Å². The number of benzene rings is 1. The molecule has 21 heavy (non-hydrogen) atoms. The van der Waals surface area contributed by atoms with Gasteiger partial charge < -0.3 is 9.53 Å². The summed E-state index contributed by atoms with van der Waals surface area (Å²) in [5.41, 5.74) is 0.588. The lowest BCUT2D eigenvalue weighted by Gasteiger charge is -2.26. The smallest absolute Gasteiger partial charge is 0.337 e. The fourth-order valence-corrected chi connectivity index (χ4v) is 2.84. The summed E-state index contributed by atoms with van der Waals surface area (Å²) in [7, 11) is 1.37. The van der Waals surface area contributed by atoms with Gasteiger partial charge in [0.15, 0.2) is 0 Å². The highest BCUT2D eigenvalue weighted by Gasteiger charge is 2.23. The van der Waals surface area contributed by atoms with Gasteiger partial charge in [-0.05, 0) is 30.9 Å².